The van der Waals surface area contributed by atoms with Crippen molar-refractivity contribution in [3.8, 4) is 0 Å². The van der Waals surface area contributed by atoms with Gasteiger partial charge in [0, 0.05) is 6.26 Å². The summed E-state index contributed by atoms with van der Waals surface area (Å²) in [5, 5.41) is 0. The summed E-state index contributed by atoms with van der Waals surface area (Å²) in [4.78, 5) is 11.0. The number of methoxy groups -OCH3 is 1. The number of nitrogens with one attached hydrogen (secondary N) is 1. The van der Waals surface area contributed by atoms with Crippen molar-refractivity contribution in [2.45, 2.75) is 17.6 Å². The van der Waals surface area contributed by atoms with E-state index in [9.17, 15) is 9.00 Å². The number of hydrogen-bond donors (Lipinski definition) is 1. The molecule has 1 aliphatic carbocycles. The lowest BCUT2D eigenvalue weighted by Gasteiger charge is -2.11. The Morgan fingerprint density at radius 2 is 2.09 bits per heavy atom. The highest BCUT2D eigenvalue weighted by Crippen LogP contribution is 2.44. The van der Waals surface area contributed by atoms with Crippen LogP contribution in [0, 0.1) is 4.78 Å². The zero-order valence-electron chi connectivity index (χ0n) is 6.55. The van der Waals surface area contributed by atoms with Crippen molar-refractivity contribution in [3.05, 3.63) is 0 Å². The highest BCUT2D eigenvalue weighted by atomic mass is 32.2. The molecule has 0 saturated heterocycles. The van der Waals surface area contributed by atoms with E-state index in [-0.39, 0.29) is 0 Å². The summed E-state index contributed by atoms with van der Waals surface area (Å²) in [6.07, 6.45) is 2.34. The van der Waals surface area contributed by atoms with Crippen molar-refractivity contribution >= 4 is 15.7 Å². The van der Waals surface area contributed by atoms with E-state index in [4.69, 9.17) is 4.78 Å². The van der Waals surface area contributed by atoms with Crippen molar-refractivity contribution < 1.29 is 13.7 Å². The summed E-state index contributed by atoms with van der Waals surface area (Å²) >= 11 is 0. The van der Waals surface area contributed by atoms with Crippen molar-refractivity contribution in [2.24, 2.45) is 0 Å². The van der Waals surface area contributed by atoms with Gasteiger partial charge in [-0.1, -0.05) is 0 Å². The van der Waals surface area contributed by atoms with Gasteiger partial charge >= 0.3 is 5.97 Å². The van der Waals surface area contributed by atoms with Crippen LogP contribution in [0.4, 0.5) is 0 Å². The first-order valence-electron chi connectivity index (χ1n) is 3.26. The molecular weight excluding hydrogens is 166 g/mol. The Morgan fingerprint density at radius 1 is 1.64 bits per heavy atom. The van der Waals surface area contributed by atoms with E-state index in [0.717, 1.165) is 0 Å². The summed E-state index contributed by atoms with van der Waals surface area (Å²) in [6, 6.07) is 0. The monoisotopic (exact) mass is 177 g/mol. The topological polar surface area (TPSA) is 67.2 Å². The molecule has 1 rings (SSSR count). The SMILES string of the molecule is COC(=O)C1(S(C)(=N)=O)CC1. The van der Waals surface area contributed by atoms with Gasteiger partial charge in [0.05, 0.1) is 16.8 Å². The van der Waals surface area contributed by atoms with Crippen molar-refractivity contribution in [1.82, 2.24) is 0 Å². The molecular formula is C6H11NO3S. The molecule has 1 unspecified atom stereocenters. The minimum atomic E-state index is -2.78. The second kappa shape index (κ2) is 2.20. The van der Waals surface area contributed by atoms with Gasteiger partial charge in [0.2, 0.25) is 0 Å². The second-order valence-electron chi connectivity index (χ2n) is 2.83. The van der Waals surface area contributed by atoms with Gasteiger partial charge in [0.1, 0.15) is 0 Å². The van der Waals surface area contributed by atoms with E-state index < -0.39 is 20.4 Å². The molecule has 0 aliphatic heterocycles. The highest BCUT2D eigenvalue weighted by molar-refractivity contribution is 7.94. The lowest BCUT2D eigenvalue weighted by atomic mass is 10.4. The van der Waals surface area contributed by atoms with Gasteiger partial charge in [-0.25, -0.2) is 4.21 Å². The van der Waals surface area contributed by atoms with Gasteiger partial charge in [-0.2, -0.15) is 0 Å². The van der Waals surface area contributed by atoms with E-state index in [0.29, 0.717) is 12.8 Å². The van der Waals surface area contributed by atoms with Crippen LogP contribution in [0.15, 0.2) is 0 Å². The first-order chi connectivity index (χ1) is 4.94. The molecule has 0 radical (unpaired) electrons. The second-order valence-corrected chi connectivity index (χ2v) is 5.30. The average molecular weight is 177 g/mol. The molecule has 0 spiro atoms. The lowest BCUT2D eigenvalue weighted by Crippen LogP contribution is -2.31. The Hall–Kier alpha value is -0.580. The molecule has 4 nitrogen and oxygen atoms in total. The third-order valence-corrected chi connectivity index (χ3v) is 4.07. The molecule has 11 heavy (non-hydrogen) atoms. The molecule has 1 atom stereocenters. The van der Waals surface area contributed by atoms with Crippen LogP contribution < -0.4 is 0 Å². The Labute approximate surface area is 65.9 Å². The summed E-state index contributed by atoms with van der Waals surface area (Å²) in [6.45, 7) is 0. The van der Waals surface area contributed by atoms with Gasteiger partial charge < -0.3 is 4.74 Å². The van der Waals surface area contributed by atoms with Gasteiger partial charge in [-0.05, 0) is 12.8 Å². The maximum atomic E-state index is 11.2. The number of carbonyl (C=O) groups excluding carboxylic acids is 1. The van der Waals surface area contributed by atoms with Crippen molar-refractivity contribution in [2.75, 3.05) is 13.4 Å². The number of ether oxygens (including phenoxy) is 1. The zero-order valence-corrected chi connectivity index (χ0v) is 7.36. The molecule has 1 fully saturated rings. The summed E-state index contributed by atoms with van der Waals surface area (Å²) < 4.78 is 22.0. The minimum Gasteiger partial charge on any atom is -0.468 e. The van der Waals surface area contributed by atoms with Gasteiger partial charge in [-0.15, -0.1) is 0 Å². The summed E-state index contributed by atoms with van der Waals surface area (Å²) in [5.74, 6) is -0.500. The Bertz CT molecular complexity index is 276. The van der Waals surface area contributed by atoms with Crippen LogP contribution >= 0.6 is 0 Å². The first-order valence-corrected chi connectivity index (χ1v) is 5.22. The first kappa shape index (κ1) is 8.52. The largest absolute Gasteiger partial charge is 0.468 e. The number of carbonyl (C=O) groups is 1. The van der Waals surface area contributed by atoms with Crippen LogP contribution in [0.1, 0.15) is 12.8 Å². The van der Waals surface area contributed by atoms with E-state index in [1.54, 1.807) is 0 Å². The van der Waals surface area contributed by atoms with Gasteiger partial charge in [0.25, 0.3) is 0 Å². The molecule has 0 amide bonds. The molecule has 0 heterocycles. The third-order valence-electron chi connectivity index (χ3n) is 2.01. The van der Waals surface area contributed by atoms with E-state index in [2.05, 4.69) is 4.74 Å². The predicted octanol–water partition coefficient (Wildman–Crippen LogP) is 0.369. The Kier molecular flexibility index (Phi) is 1.70. The fraction of sp³-hybridized carbons (Fsp3) is 0.833. The fourth-order valence-corrected chi connectivity index (χ4v) is 2.33. The maximum Gasteiger partial charge on any atom is 0.325 e. The third kappa shape index (κ3) is 1.13. The van der Waals surface area contributed by atoms with Crippen LogP contribution in [0.2, 0.25) is 0 Å². The standard InChI is InChI=1S/C6H11NO3S/c1-10-5(8)6(3-4-6)11(2,7)9/h7H,3-4H2,1-2H3. The zero-order chi connectivity index (χ0) is 8.70. The number of esters is 1. The molecule has 0 bridgehead atoms. The Balaban J connectivity index is 2.94. The van der Waals surface area contributed by atoms with Gasteiger partial charge in [-0.3, -0.25) is 9.57 Å². The molecule has 64 valence electrons. The number of hydrogen-bond acceptors (Lipinski definition) is 4. The quantitative estimate of drug-likeness (QED) is 0.619. The molecule has 0 aromatic carbocycles. The summed E-state index contributed by atoms with van der Waals surface area (Å²) in [7, 11) is -1.52. The molecule has 1 N–H and O–H groups in total. The lowest BCUT2D eigenvalue weighted by molar-refractivity contribution is -0.140. The van der Waals surface area contributed by atoms with Gasteiger partial charge in [0.15, 0.2) is 4.75 Å². The van der Waals surface area contributed by atoms with Crippen LogP contribution in [0.3, 0.4) is 0 Å². The number of rotatable bonds is 2. The molecule has 1 aliphatic rings. The minimum absolute atomic E-state index is 0.500. The summed E-state index contributed by atoms with van der Waals surface area (Å²) in [5.41, 5.74) is 0. The van der Waals surface area contributed by atoms with Crippen LogP contribution in [0.25, 0.3) is 0 Å². The average Bonchev–Trinajstić information content (AvgIpc) is 2.63. The van der Waals surface area contributed by atoms with Crippen LogP contribution in [-0.4, -0.2) is 28.3 Å². The fourth-order valence-electron chi connectivity index (χ4n) is 1.05. The predicted molar refractivity (Wildman–Crippen MR) is 40.8 cm³/mol. The van der Waals surface area contributed by atoms with E-state index in [1.807, 2.05) is 0 Å². The molecule has 1 saturated carbocycles. The Morgan fingerprint density at radius 3 is 2.18 bits per heavy atom. The maximum absolute atomic E-state index is 11.2. The molecule has 0 aromatic heterocycles. The highest BCUT2D eigenvalue weighted by Gasteiger charge is 2.57. The van der Waals surface area contributed by atoms with Crippen molar-refractivity contribution in [3.63, 3.8) is 0 Å². The van der Waals surface area contributed by atoms with Crippen LogP contribution in [-0.2, 0) is 19.3 Å². The molecule has 5 heteroatoms. The van der Waals surface area contributed by atoms with E-state index in [1.165, 1.54) is 13.4 Å². The normalized spacial score (nSPS) is 25.3. The van der Waals surface area contributed by atoms with Crippen LogP contribution in [0.5, 0.6) is 0 Å². The van der Waals surface area contributed by atoms with Crippen molar-refractivity contribution in [1.29, 1.82) is 4.78 Å². The smallest absolute Gasteiger partial charge is 0.325 e. The van der Waals surface area contributed by atoms with E-state index >= 15 is 0 Å². The molecule has 0 aromatic rings.